The summed E-state index contributed by atoms with van der Waals surface area (Å²) in [7, 11) is 0. The Kier molecular flexibility index (Phi) is 5.32. The van der Waals surface area contributed by atoms with E-state index in [0.717, 1.165) is 42.1 Å². The monoisotopic (exact) mass is 383 g/mol. The van der Waals surface area contributed by atoms with Crippen molar-refractivity contribution in [2.75, 3.05) is 6.61 Å². The van der Waals surface area contributed by atoms with Crippen molar-refractivity contribution < 1.29 is 9.53 Å². The topological polar surface area (TPSA) is 66.1 Å². The largest absolute Gasteiger partial charge is 0.376 e. The maximum Gasteiger partial charge on any atom is 0.287 e. The van der Waals surface area contributed by atoms with E-state index >= 15 is 0 Å². The van der Waals surface area contributed by atoms with Gasteiger partial charge in [-0.2, -0.15) is 5.10 Å². The zero-order valence-electron chi connectivity index (χ0n) is 14.1. The standard InChI is InChI=1S/C17H19Cl2N3O3/c1-10-6-13(11(2)21(10)8-12-4-3-5-25-12)15(23)9-22-17(24)16(19)14(18)7-20-22/h6-7,12H,3-5,8-9H2,1-2H3/t12-/m0/s1. The quantitative estimate of drug-likeness (QED) is 0.744. The van der Waals surface area contributed by atoms with E-state index in [0.29, 0.717) is 5.56 Å². The lowest BCUT2D eigenvalue weighted by Gasteiger charge is -2.14. The molecule has 2 aromatic rings. The predicted molar refractivity (Wildman–Crippen MR) is 95.7 cm³/mol. The first-order valence-corrected chi connectivity index (χ1v) is 8.86. The number of carbonyl (C=O) groups excluding carboxylic acids is 1. The average Bonchev–Trinajstić information content (AvgIpc) is 3.19. The molecule has 0 aromatic carbocycles. The van der Waals surface area contributed by atoms with Crippen LogP contribution in [0, 0.1) is 13.8 Å². The molecular formula is C17H19Cl2N3O3. The van der Waals surface area contributed by atoms with E-state index in [-0.39, 0.29) is 28.5 Å². The van der Waals surface area contributed by atoms with Gasteiger partial charge in [0.25, 0.3) is 5.56 Å². The van der Waals surface area contributed by atoms with Gasteiger partial charge in [-0.15, -0.1) is 0 Å². The smallest absolute Gasteiger partial charge is 0.287 e. The molecule has 0 radical (unpaired) electrons. The molecule has 3 rings (SSSR count). The normalized spacial score (nSPS) is 17.2. The van der Waals surface area contributed by atoms with E-state index in [9.17, 15) is 9.59 Å². The molecule has 1 atom stereocenters. The first-order valence-electron chi connectivity index (χ1n) is 8.11. The van der Waals surface area contributed by atoms with Crippen LogP contribution in [-0.2, 0) is 17.8 Å². The zero-order valence-corrected chi connectivity index (χ0v) is 15.6. The highest BCUT2D eigenvalue weighted by atomic mass is 35.5. The predicted octanol–water partition coefficient (Wildman–Crippen LogP) is 3.03. The third-order valence-electron chi connectivity index (χ3n) is 4.52. The van der Waals surface area contributed by atoms with Crippen LogP contribution in [0.1, 0.15) is 34.6 Å². The maximum absolute atomic E-state index is 12.7. The zero-order chi connectivity index (χ0) is 18.1. The highest BCUT2D eigenvalue weighted by molar-refractivity contribution is 6.41. The van der Waals surface area contributed by atoms with Gasteiger partial charge in [-0.25, -0.2) is 4.68 Å². The van der Waals surface area contributed by atoms with E-state index in [1.165, 1.54) is 6.20 Å². The summed E-state index contributed by atoms with van der Waals surface area (Å²) < 4.78 is 8.81. The lowest BCUT2D eigenvalue weighted by Crippen LogP contribution is -2.27. The van der Waals surface area contributed by atoms with Crippen LogP contribution in [0.2, 0.25) is 10.0 Å². The number of hydrogen-bond donors (Lipinski definition) is 0. The van der Waals surface area contributed by atoms with Crippen LogP contribution >= 0.6 is 23.2 Å². The van der Waals surface area contributed by atoms with Crippen LogP contribution in [0.15, 0.2) is 17.1 Å². The lowest BCUT2D eigenvalue weighted by atomic mass is 10.1. The van der Waals surface area contributed by atoms with Crippen molar-refractivity contribution in [2.45, 2.75) is 45.9 Å². The molecule has 25 heavy (non-hydrogen) atoms. The van der Waals surface area contributed by atoms with Crippen molar-refractivity contribution in [1.29, 1.82) is 0 Å². The van der Waals surface area contributed by atoms with Gasteiger partial charge in [0.15, 0.2) is 5.78 Å². The van der Waals surface area contributed by atoms with Crippen molar-refractivity contribution in [2.24, 2.45) is 0 Å². The molecule has 8 heteroatoms. The fourth-order valence-electron chi connectivity index (χ4n) is 3.14. The molecule has 1 aliphatic heterocycles. The summed E-state index contributed by atoms with van der Waals surface area (Å²) >= 11 is 11.6. The Morgan fingerprint density at radius 3 is 2.84 bits per heavy atom. The van der Waals surface area contributed by atoms with Gasteiger partial charge in [0.1, 0.15) is 11.6 Å². The van der Waals surface area contributed by atoms with Crippen LogP contribution in [-0.4, -0.2) is 32.8 Å². The summed E-state index contributed by atoms with van der Waals surface area (Å²) in [5, 5.41) is 3.83. The minimum absolute atomic E-state index is 0.0742. The summed E-state index contributed by atoms with van der Waals surface area (Å²) in [5.74, 6) is -0.195. The minimum atomic E-state index is -0.573. The summed E-state index contributed by atoms with van der Waals surface area (Å²) in [6, 6.07) is 1.84. The van der Waals surface area contributed by atoms with Gasteiger partial charge >= 0.3 is 0 Å². The molecule has 1 fully saturated rings. The fourth-order valence-corrected chi connectivity index (χ4v) is 3.41. The molecule has 1 saturated heterocycles. The minimum Gasteiger partial charge on any atom is -0.376 e. The van der Waals surface area contributed by atoms with Crippen LogP contribution in [0.5, 0.6) is 0 Å². The van der Waals surface area contributed by atoms with Crippen LogP contribution < -0.4 is 5.56 Å². The van der Waals surface area contributed by atoms with E-state index in [1.807, 2.05) is 19.9 Å². The van der Waals surface area contributed by atoms with Gasteiger partial charge in [0, 0.05) is 30.1 Å². The molecule has 0 N–H and O–H groups in total. The Balaban J connectivity index is 1.83. The third kappa shape index (κ3) is 3.66. The number of halogens is 2. The molecule has 1 aliphatic rings. The number of hydrogen-bond acceptors (Lipinski definition) is 4. The number of Topliss-reactive ketones (excluding diaryl/α,β-unsaturated/α-hetero) is 1. The molecule has 6 nitrogen and oxygen atoms in total. The van der Waals surface area contributed by atoms with E-state index in [2.05, 4.69) is 9.67 Å². The first kappa shape index (κ1) is 18.2. The molecule has 2 aromatic heterocycles. The van der Waals surface area contributed by atoms with Crippen molar-refractivity contribution in [3.63, 3.8) is 0 Å². The number of ether oxygens (including phenoxy) is 1. The Morgan fingerprint density at radius 2 is 2.16 bits per heavy atom. The van der Waals surface area contributed by atoms with Gasteiger partial charge in [-0.1, -0.05) is 23.2 Å². The molecule has 0 aliphatic carbocycles. The second-order valence-corrected chi connectivity index (χ2v) is 7.01. The molecular weight excluding hydrogens is 365 g/mol. The van der Waals surface area contributed by atoms with E-state index in [1.54, 1.807) is 0 Å². The Hall–Kier alpha value is -1.63. The number of aromatic nitrogens is 3. The first-order chi connectivity index (χ1) is 11.9. The third-order valence-corrected chi connectivity index (χ3v) is 5.27. The molecule has 0 unspecified atom stereocenters. The van der Waals surface area contributed by atoms with Crippen molar-refractivity contribution in [3.05, 3.63) is 49.6 Å². The number of ketones is 1. The average molecular weight is 384 g/mol. The Labute approximate surface area is 155 Å². The fraction of sp³-hybridized carbons (Fsp3) is 0.471. The van der Waals surface area contributed by atoms with Gasteiger partial charge in [-0.05, 0) is 32.8 Å². The number of rotatable bonds is 5. The molecule has 134 valence electrons. The SMILES string of the molecule is Cc1cc(C(=O)Cn2ncc(Cl)c(Cl)c2=O)c(C)n1C[C@@H]1CCCO1. The van der Waals surface area contributed by atoms with Crippen LogP contribution in [0.3, 0.4) is 0 Å². The van der Waals surface area contributed by atoms with E-state index in [4.69, 9.17) is 27.9 Å². The number of aryl methyl sites for hydroxylation is 1. The van der Waals surface area contributed by atoms with Gasteiger partial charge in [-0.3, -0.25) is 9.59 Å². The summed E-state index contributed by atoms with van der Waals surface area (Å²) in [6.45, 7) is 5.21. The number of nitrogens with zero attached hydrogens (tertiary/aromatic N) is 3. The maximum atomic E-state index is 12.7. The van der Waals surface area contributed by atoms with Gasteiger partial charge < -0.3 is 9.30 Å². The summed E-state index contributed by atoms with van der Waals surface area (Å²) in [6.07, 6.45) is 3.55. The van der Waals surface area contributed by atoms with E-state index < -0.39 is 5.56 Å². The highest BCUT2D eigenvalue weighted by Crippen LogP contribution is 2.21. The van der Waals surface area contributed by atoms with Crippen LogP contribution in [0.4, 0.5) is 0 Å². The number of carbonyl (C=O) groups is 1. The molecule has 3 heterocycles. The lowest BCUT2D eigenvalue weighted by molar-refractivity contribution is 0.0946. The molecule has 0 spiro atoms. The Morgan fingerprint density at radius 1 is 1.40 bits per heavy atom. The van der Waals surface area contributed by atoms with Gasteiger partial charge in [0.05, 0.1) is 17.3 Å². The Bertz CT molecular complexity index is 867. The molecule has 0 bridgehead atoms. The van der Waals surface area contributed by atoms with Crippen molar-refractivity contribution in [3.8, 4) is 0 Å². The molecule has 0 saturated carbocycles. The second-order valence-electron chi connectivity index (χ2n) is 6.22. The highest BCUT2D eigenvalue weighted by Gasteiger charge is 2.22. The molecule has 0 amide bonds. The van der Waals surface area contributed by atoms with Crippen LogP contribution in [0.25, 0.3) is 0 Å². The van der Waals surface area contributed by atoms with Crippen molar-refractivity contribution >= 4 is 29.0 Å². The van der Waals surface area contributed by atoms with Gasteiger partial charge in [0.2, 0.25) is 0 Å². The summed E-state index contributed by atoms with van der Waals surface area (Å²) in [4.78, 5) is 24.7. The summed E-state index contributed by atoms with van der Waals surface area (Å²) in [5.41, 5.74) is 1.86. The second kappa shape index (κ2) is 7.32. The van der Waals surface area contributed by atoms with Crippen molar-refractivity contribution in [1.82, 2.24) is 14.3 Å².